The van der Waals surface area contributed by atoms with Crippen molar-refractivity contribution in [1.82, 2.24) is 0 Å². The van der Waals surface area contributed by atoms with Crippen LogP contribution in [-0.4, -0.2) is 12.0 Å². The Kier molecular flexibility index (Phi) is 2.86. The van der Waals surface area contributed by atoms with E-state index < -0.39 is 5.67 Å². The summed E-state index contributed by atoms with van der Waals surface area (Å²) in [5.74, 6) is 0.359. The van der Waals surface area contributed by atoms with E-state index in [1.165, 1.54) is 0 Å². The highest BCUT2D eigenvalue weighted by Crippen LogP contribution is 2.36. The molecule has 2 heteroatoms. The molecule has 0 aromatic carbocycles. The predicted molar refractivity (Wildman–Crippen MR) is 46.7 cm³/mol. The van der Waals surface area contributed by atoms with Crippen LogP contribution in [0.15, 0.2) is 0 Å². The monoisotopic (exact) mass is 172 g/mol. The molecule has 70 valence electrons. The van der Waals surface area contributed by atoms with Crippen molar-refractivity contribution >= 4 is 6.29 Å². The van der Waals surface area contributed by atoms with Gasteiger partial charge in [-0.2, -0.15) is 0 Å². The largest absolute Gasteiger partial charge is 0.303 e. The molecule has 1 aliphatic rings. The van der Waals surface area contributed by atoms with E-state index in [0.717, 1.165) is 32.0 Å². The van der Waals surface area contributed by atoms with Crippen LogP contribution in [0.2, 0.25) is 0 Å². The van der Waals surface area contributed by atoms with E-state index in [2.05, 4.69) is 0 Å². The maximum atomic E-state index is 13.4. The molecule has 1 fully saturated rings. The number of carbonyl (C=O) groups is 1. The van der Waals surface area contributed by atoms with Crippen molar-refractivity contribution in [2.75, 3.05) is 0 Å². The third-order valence-corrected chi connectivity index (χ3v) is 2.94. The van der Waals surface area contributed by atoms with Crippen LogP contribution in [0.25, 0.3) is 0 Å². The zero-order valence-corrected chi connectivity index (χ0v) is 7.85. The molecule has 0 aromatic heterocycles. The number of halogens is 1. The number of hydrogen-bond acceptors (Lipinski definition) is 1. The molecule has 0 N–H and O–H groups in total. The number of carbonyl (C=O) groups excluding carboxylic acids is 1. The van der Waals surface area contributed by atoms with Crippen molar-refractivity contribution in [2.45, 2.75) is 45.2 Å². The molecular weight excluding hydrogens is 155 g/mol. The van der Waals surface area contributed by atoms with Crippen molar-refractivity contribution in [3.05, 3.63) is 0 Å². The Labute approximate surface area is 73.3 Å². The Morgan fingerprint density at radius 3 is 2.08 bits per heavy atom. The predicted octanol–water partition coefficient (Wildman–Crippen LogP) is 2.74. The molecular formula is C10H17FO. The summed E-state index contributed by atoms with van der Waals surface area (Å²) in [6.45, 7) is 3.28. The number of rotatable bonds is 2. The van der Waals surface area contributed by atoms with Crippen molar-refractivity contribution in [2.24, 2.45) is 11.8 Å². The van der Waals surface area contributed by atoms with Gasteiger partial charge in [0.2, 0.25) is 0 Å². The van der Waals surface area contributed by atoms with Crippen LogP contribution < -0.4 is 0 Å². The first kappa shape index (κ1) is 9.69. The topological polar surface area (TPSA) is 17.1 Å². The van der Waals surface area contributed by atoms with Gasteiger partial charge in [0.15, 0.2) is 0 Å². The Balaban J connectivity index is 2.41. The molecule has 0 amide bonds. The van der Waals surface area contributed by atoms with Crippen LogP contribution in [0.3, 0.4) is 0 Å². The summed E-state index contributed by atoms with van der Waals surface area (Å²) in [6, 6.07) is 0. The molecule has 0 radical (unpaired) electrons. The van der Waals surface area contributed by atoms with Gasteiger partial charge in [0, 0.05) is 5.92 Å². The molecule has 0 aromatic rings. The molecule has 1 rings (SSSR count). The molecule has 0 heterocycles. The average Bonchev–Trinajstić information content (AvgIpc) is 2.03. The van der Waals surface area contributed by atoms with E-state index in [1.807, 2.05) is 0 Å². The summed E-state index contributed by atoms with van der Waals surface area (Å²) in [6.07, 6.45) is 4.50. The van der Waals surface area contributed by atoms with E-state index in [4.69, 9.17) is 0 Å². The van der Waals surface area contributed by atoms with Crippen molar-refractivity contribution < 1.29 is 9.18 Å². The highest BCUT2D eigenvalue weighted by Gasteiger charge is 2.32. The lowest BCUT2D eigenvalue weighted by molar-refractivity contribution is -0.112. The fraction of sp³-hybridized carbons (Fsp3) is 0.900. The van der Waals surface area contributed by atoms with Gasteiger partial charge in [-0.25, -0.2) is 4.39 Å². The van der Waals surface area contributed by atoms with Crippen LogP contribution in [-0.2, 0) is 4.79 Å². The zero-order chi connectivity index (χ0) is 9.19. The van der Waals surface area contributed by atoms with Gasteiger partial charge in [0.1, 0.15) is 12.0 Å². The fourth-order valence-electron chi connectivity index (χ4n) is 1.94. The molecule has 1 saturated carbocycles. The van der Waals surface area contributed by atoms with Crippen LogP contribution in [0.4, 0.5) is 4.39 Å². The van der Waals surface area contributed by atoms with E-state index in [9.17, 15) is 9.18 Å². The van der Waals surface area contributed by atoms with Gasteiger partial charge >= 0.3 is 0 Å². The molecule has 12 heavy (non-hydrogen) atoms. The second kappa shape index (κ2) is 3.55. The number of aldehydes is 1. The number of alkyl halides is 1. The van der Waals surface area contributed by atoms with E-state index >= 15 is 0 Å². The fourth-order valence-corrected chi connectivity index (χ4v) is 1.94. The Morgan fingerprint density at radius 2 is 1.75 bits per heavy atom. The van der Waals surface area contributed by atoms with Gasteiger partial charge in [-0.15, -0.1) is 0 Å². The van der Waals surface area contributed by atoms with Gasteiger partial charge in [-0.05, 0) is 45.4 Å². The van der Waals surface area contributed by atoms with Gasteiger partial charge in [0.25, 0.3) is 0 Å². The lowest BCUT2D eigenvalue weighted by Crippen LogP contribution is -2.30. The van der Waals surface area contributed by atoms with E-state index in [0.29, 0.717) is 0 Å². The molecule has 0 bridgehead atoms. The Morgan fingerprint density at radius 1 is 1.25 bits per heavy atom. The molecule has 1 nitrogen and oxygen atoms in total. The summed E-state index contributed by atoms with van der Waals surface area (Å²) in [7, 11) is 0. The first-order valence-electron chi connectivity index (χ1n) is 4.68. The number of hydrogen-bond donors (Lipinski definition) is 0. The van der Waals surface area contributed by atoms with E-state index in [1.54, 1.807) is 13.8 Å². The normalized spacial score (nSPS) is 31.6. The lowest BCUT2D eigenvalue weighted by atomic mass is 9.76. The zero-order valence-electron chi connectivity index (χ0n) is 7.85. The van der Waals surface area contributed by atoms with Gasteiger partial charge in [0.05, 0.1) is 0 Å². The van der Waals surface area contributed by atoms with Crippen molar-refractivity contribution in [3.63, 3.8) is 0 Å². The van der Waals surface area contributed by atoms with Crippen LogP contribution in [0.5, 0.6) is 0 Å². The first-order chi connectivity index (χ1) is 5.54. The highest BCUT2D eigenvalue weighted by atomic mass is 19.1. The molecule has 0 aliphatic heterocycles. The minimum atomic E-state index is -1.06. The maximum Gasteiger partial charge on any atom is 0.123 e. The second-order valence-electron chi connectivity index (χ2n) is 4.31. The molecule has 0 unspecified atom stereocenters. The Hall–Kier alpha value is -0.400. The third kappa shape index (κ3) is 2.29. The second-order valence-corrected chi connectivity index (χ2v) is 4.31. The summed E-state index contributed by atoms with van der Waals surface area (Å²) < 4.78 is 13.4. The lowest BCUT2D eigenvalue weighted by Gasteiger charge is -2.32. The van der Waals surface area contributed by atoms with Crippen molar-refractivity contribution in [3.8, 4) is 0 Å². The average molecular weight is 172 g/mol. The van der Waals surface area contributed by atoms with Crippen LogP contribution in [0, 0.1) is 11.8 Å². The smallest absolute Gasteiger partial charge is 0.123 e. The van der Waals surface area contributed by atoms with Gasteiger partial charge < -0.3 is 4.79 Å². The summed E-state index contributed by atoms with van der Waals surface area (Å²) in [5, 5.41) is 0. The summed E-state index contributed by atoms with van der Waals surface area (Å²) in [4.78, 5) is 10.4. The molecule has 0 spiro atoms. The van der Waals surface area contributed by atoms with Crippen LogP contribution >= 0.6 is 0 Å². The third-order valence-electron chi connectivity index (χ3n) is 2.94. The minimum Gasteiger partial charge on any atom is -0.303 e. The summed E-state index contributed by atoms with van der Waals surface area (Å²) in [5.41, 5.74) is -1.06. The SMILES string of the molecule is CC(C)(F)[C@H]1CC[C@@H](C=O)CC1. The molecule has 0 atom stereocenters. The molecule has 1 aliphatic carbocycles. The van der Waals surface area contributed by atoms with Gasteiger partial charge in [-0.1, -0.05) is 0 Å². The van der Waals surface area contributed by atoms with E-state index in [-0.39, 0.29) is 11.8 Å². The first-order valence-corrected chi connectivity index (χ1v) is 4.68. The Bertz CT molecular complexity index is 152. The van der Waals surface area contributed by atoms with Crippen LogP contribution in [0.1, 0.15) is 39.5 Å². The quantitative estimate of drug-likeness (QED) is 0.585. The standard InChI is InChI=1S/C10H17FO/c1-10(2,11)9-5-3-8(7-12)4-6-9/h7-9H,3-6H2,1-2H3/t8-,9+. The minimum absolute atomic E-state index is 0.161. The van der Waals surface area contributed by atoms with Gasteiger partial charge in [-0.3, -0.25) is 0 Å². The summed E-state index contributed by atoms with van der Waals surface area (Å²) >= 11 is 0. The highest BCUT2D eigenvalue weighted by molar-refractivity contribution is 5.53. The molecule has 0 saturated heterocycles. The van der Waals surface area contributed by atoms with Crippen molar-refractivity contribution in [1.29, 1.82) is 0 Å². The maximum absolute atomic E-state index is 13.4.